The summed E-state index contributed by atoms with van der Waals surface area (Å²) in [6.45, 7) is 0.774. The Hall–Kier alpha value is -1.06. The molecule has 1 aromatic carbocycles. The number of hydrogen-bond acceptors (Lipinski definition) is 2. The van der Waals surface area contributed by atoms with Crippen LogP contribution in [-0.4, -0.2) is 18.5 Å². The molecule has 3 N–H and O–H groups in total. The Kier molecular flexibility index (Phi) is 4.21. The van der Waals surface area contributed by atoms with E-state index in [0.717, 1.165) is 6.54 Å². The molecule has 0 spiro atoms. The second kappa shape index (κ2) is 5.86. The molecule has 0 aliphatic heterocycles. The third-order valence-electron chi connectivity index (χ3n) is 6.12. The van der Waals surface area contributed by atoms with Gasteiger partial charge in [-0.15, -0.1) is 12.4 Å². The molecular weight excluding hydrogens is 296 g/mol. The summed E-state index contributed by atoms with van der Waals surface area (Å²) >= 11 is 0. The van der Waals surface area contributed by atoms with Gasteiger partial charge in [-0.3, -0.25) is 4.79 Å². The number of benzene rings is 1. The highest BCUT2D eigenvalue weighted by Gasteiger charge is 2.50. The zero-order valence-electron chi connectivity index (χ0n) is 12.8. The first-order valence-corrected chi connectivity index (χ1v) is 8.28. The second-order valence-corrected chi connectivity index (χ2v) is 7.30. The van der Waals surface area contributed by atoms with Gasteiger partial charge < -0.3 is 11.1 Å². The standard InChI is InChI=1S/C18H24N2O.ClH/c19-16-13-7-6-12(10-13)15(16)17(21)20-11-18(8-9-18)14-4-2-1-3-5-14;/h1-5,12-13,15-16H,6-11,19H2,(H,20,21);1H. The Morgan fingerprint density at radius 3 is 2.45 bits per heavy atom. The maximum atomic E-state index is 12.6. The van der Waals surface area contributed by atoms with Crippen LogP contribution >= 0.6 is 12.4 Å². The molecule has 0 aromatic heterocycles. The van der Waals surface area contributed by atoms with E-state index in [2.05, 4.69) is 29.6 Å². The predicted octanol–water partition coefficient (Wildman–Crippen LogP) is 2.63. The summed E-state index contributed by atoms with van der Waals surface area (Å²) in [6, 6.07) is 10.7. The molecule has 0 radical (unpaired) electrons. The van der Waals surface area contributed by atoms with Gasteiger partial charge in [-0.25, -0.2) is 0 Å². The van der Waals surface area contributed by atoms with Crippen molar-refractivity contribution in [2.45, 2.75) is 43.6 Å². The molecule has 4 unspecified atom stereocenters. The maximum absolute atomic E-state index is 12.6. The molecule has 22 heavy (non-hydrogen) atoms. The van der Waals surface area contributed by atoms with Gasteiger partial charge in [0.15, 0.2) is 0 Å². The van der Waals surface area contributed by atoms with Crippen LogP contribution < -0.4 is 11.1 Å². The lowest BCUT2D eigenvalue weighted by Gasteiger charge is -2.28. The summed E-state index contributed by atoms with van der Waals surface area (Å²) in [5, 5.41) is 3.22. The largest absolute Gasteiger partial charge is 0.355 e. The molecule has 3 fully saturated rings. The van der Waals surface area contributed by atoms with E-state index in [0.29, 0.717) is 11.8 Å². The third-order valence-corrected chi connectivity index (χ3v) is 6.12. The van der Waals surface area contributed by atoms with Gasteiger partial charge in [0.1, 0.15) is 0 Å². The Labute approximate surface area is 138 Å². The quantitative estimate of drug-likeness (QED) is 0.896. The number of carbonyl (C=O) groups is 1. The lowest BCUT2D eigenvalue weighted by molar-refractivity contribution is -0.127. The van der Waals surface area contributed by atoms with E-state index in [9.17, 15) is 4.79 Å². The summed E-state index contributed by atoms with van der Waals surface area (Å²) in [6.07, 6.45) is 5.95. The molecule has 3 aliphatic rings. The van der Waals surface area contributed by atoms with Gasteiger partial charge >= 0.3 is 0 Å². The minimum atomic E-state index is 0. The highest BCUT2D eigenvalue weighted by Crippen LogP contribution is 2.49. The topological polar surface area (TPSA) is 55.1 Å². The van der Waals surface area contributed by atoms with Gasteiger partial charge in [-0.2, -0.15) is 0 Å². The van der Waals surface area contributed by atoms with Crippen molar-refractivity contribution in [1.29, 1.82) is 0 Å². The average molecular weight is 321 g/mol. The first kappa shape index (κ1) is 15.8. The minimum Gasteiger partial charge on any atom is -0.355 e. The number of halogens is 1. The van der Waals surface area contributed by atoms with Gasteiger partial charge in [-0.05, 0) is 49.5 Å². The molecule has 3 saturated carbocycles. The molecule has 3 nitrogen and oxygen atoms in total. The number of amides is 1. The zero-order valence-corrected chi connectivity index (χ0v) is 13.6. The van der Waals surface area contributed by atoms with E-state index in [1.54, 1.807) is 0 Å². The van der Waals surface area contributed by atoms with Crippen molar-refractivity contribution in [2.75, 3.05) is 6.54 Å². The van der Waals surface area contributed by atoms with Crippen LogP contribution in [0.15, 0.2) is 30.3 Å². The second-order valence-electron chi connectivity index (χ2n) is 7.30. The Balaban J connectivity index is 0.00000144. The molecule has 120 valence electrons. The molecule has 0 saturated heterocycles. The van der Waals surface area contributed by atoms with Crippen LogP contribution in [0.3, 0.4) is 0 Å². The van der Waals surface area contributed by atoms with Crippen molar-refractivity contribution in [3.63, 3.8) is 0 Å². The SMILES string of the molecule is Cl.NC1C2CCC(C2)C1C(=O)NCC1(c2ccccc2)CC1. The monoisotopic (exact) mass is 320 g/mol. The number of nitrogens with two attached hydrogens (primary N) is 1. The molecule has 1 aromatic rings. The lowest BCUT2D eigenvalue weighted by Crippen LogP contribution is -2.46. The predicted molar refractivity (Wildman–Crippen MR) is 89.9 cm³/mol. The van der Waals surface area contributed by atoms with E-state index in [4.69, 9.17) is 5.73 Å². The van der Waals surface area contributed by atoms with Crippen LogP contribution in [0.2, 0.25) is 0 Å². The van der Waals surface area contributed by atoms with Gasteiger partial charge in [-0.1, -0.05) is 30.3 Å². The fraction of sp³-hybridized carbons (Fsp3) is 0.611. The number of rotatable bonds is 4. The molecule has 4 heteroatoms. The smallest absolute Gasteiger partial charge is 0.224 e. The van der Waals surface area contributed by atoms with Crippen molar-refractivity contribution in [3.05, 3.63) is 35.9 Å². The van der Waals surface area contributed by atoms with E-state index in [1.807, 2.05) is 6.07 Å². The Morgan fingerprint density at radius 2 is 1.86 bits per heavy atom. The van der Waals surface area contributed by atoms with E-state index in [-0.39, 0.29) is 35.7 Å². The van der Waals surface area contributed by atoms with E-state index >= 15 is 0 Å². The molecule has 1 amide bonds. The van der Waals surface area contributed by atoms with E-state index < -0.39 is 0 Å². The number of fused-ring (bicyclic) bond motifs is 2. The summed E-state index contributed by atoms with van der Waals surface area (Å²) < 4.78 is 0. The van der Waals surface area contributed by atoms with E-state index in [1.165, 1.54) is 37.7 Å². The van der Waals surface area contributed by atoms with Crippen LogP contribution in [0, 0.1) is 17.8 Å². The first-order chi connectivity index (χ1) is 10.2. The van der Waals surface area contributed by atoms with Crippen molar-refractivity contribution < 1.29 is 4.79 Å². The molecular formula is C18H25ClN2O. The van der Waals surface area contributed by atoms with Gasteiger partial charge in [0.05, 0.1) is 5.92 Å². The summed E-state index contributed by atoms with van der Waals surface area (Å²) in [7, 11) is 0. The number of carbonyl (C=O) groups excluding carboxylic acids is 1. The molecule has 4 rings (SSSR count). The highest BCUT2D eigenvalue weighted by molar-refractivity contribution is 5.85. The Morgan fingerprint density at radius 1 is 1.18 bits per heavy atom. The van der Waals surface area contributed by atoms with Gasteiger partial charge in [0.2, 0.25) is 5.91 Å². The van der Waals surface area contributed by atoms with Crippen molar-refractivity contribution in [2.24, 2.45) is 23.5 Å². The fourth-order valence-corrected chi connectivity index (χ4v) is 4.61. The van der Waals surface area contributed by atoms with Crippen LogP contribution in [-0.2, 0) is 10.2 Å². The molecule has 4 atom stereocenters. The minimum absolute atomic E-state index is 0. The zero-order chi connectivity index (χ0) is 14.4. The maximum Gasteiger partial charge on any atom is 0.224 e. The normalized spacial score (nSPS) is 34.0. The summed E-state index contributed by atoms with van der Waals surface area (Å²) in [4.78, 5) is 12.6. The van der Waals surface area contributed by atoms with Crippen molar-refractivity contribution in [1.82, 2.24) is 5.32 Å². The van der Waals surface area contributed by atoms with Gasteiger partial charge in [0, 0.05) is 18.0 Å². The molecule has 3 aliphatic carbocycles. The van der Waals surface area contributed by atoms with Crippen molar-refractivity contribution >= 4 is 18.3 Å². The molecule has 0 heterocycles. The lowest BCUT2D eigenvalue weighted by atomic mass is 9.84. The number of nitrogens with one attached hydrogen (secondary N) is 1. The van der Waals surface area contributed by atoms with Crippen LogP contribution in [0.1, 0.15) is 37.7 Å². The first-order valence-electron chi connectivity index (χ1n) is 8.28. The molecule has 2 bridgehead atoms. The highest BCUT2D eigenvalue weighted by atomic mass is 35.5. The third kappa shape index (κ3) is 2.55. The van der Waals surface area contributed by atoms with Gasteiger partial charge in [0.25, 0.3) is 0 Å². The van der Waals surface area contributed by atoms with Crippen LogP contribution in [0.25, 0.3) is 0 Å². The summed E-state index contributed by atoms with van der Waals surface area (Å²) in [5.74, 6) is 1.40. The average Bonchev–Trinajstić information content (AvgIpc) is 3.06. The van der Waals surface area contributed by atoms with Crippen LogP contribution in [0.4, 0.5) is 0 Å². The Bertz CT molecular complexity index is 541. The summed E-state index contributed by atoms with van der Waals surface area (Å²) in [5.41, 5.74) is 7.83. The number of hydrogen-bond donors (Lipinski definition) is 2. The van der Waals surface area contributed by atoms with Crippen LogP contribution in [0.5, 0.6) is 0 Å². The van der Waals surface area contributed by atoms with Crippen molar-refractivity contribution in [3.8, 4) is 0 Å². The fourth-order valence-electron chi connectivity index (χ4n) is 4.61.